The number of nitrogens with one attached hydrogen (secondary N) is 3. The molecule has 0 unspecified atom stereocenters. The number of hydroxylamine groups is 1. The van der Waals surface area contributed by atoms with Crippen molar-refractivity contribution in [1.82, 2.24) is 20.7 Å². The number of nitrogens with zero attached hydrogens (tertiary/aromatic N) is 1. The van der Waals surface area contributed by atoms with Crippen molar-refractivity contribution in [2.45, 2.75) is 63.5 Å². The maximum Gasteiger partial charge on any atom is 0.326 e. The Morgan fingerprint density at radius 1 is 0.949 bits per heavy atom. The van der Waals surface area contributed by atoms with E-state index in [9.17, 15) is 24.3 Å². The lowest BCUT2D eigenvalue weighted by atomic mass is 9.90. The van der Waals surface area contributed by atoms with Crippen LogP contribution in [0.5, 0.6) is 0 Å². The number of para-hydroxylation sites is 1. The Balaban J connectivity index is 1.47. The van der Waals surface area contributed by atoms with E-state index in [1.54, 1.807) is 10.4 Å². The minimum Gasteiger partial charge on any atom is -0.480 e. The molecule has 10 heteroatoms. The Labute approximate surface area is 226 Å². The summed E-state index contributed by atoms with van der Waals surface area (Å²) < 4.78 is 0. The molecule has 1 aromatic heterocycles. The highest BCUT2D eigenvalue weighted by Gasteiger charge is 2.36. The van der Waals surface area contributed by atoms with Crippen LogP contribution in [0.3, 0.4) is 0 Å². The van der Waals surface area contributed by atoms with Gasteiger partial charge in [-0.2, -0.15) is 0 Å². The van der Waals surface area contributed by atoms with E-state index in [1.165, 1.54) is 0 Å². The summed E-state index contributed by atoms with van der Waals surface area (Å²) in [6.07, 6.45) is 3.48. The molecule has 0 radical (unpaired) electrons. The molecule has 0 fully saturated rings. The van der Waals surface area contributed by atoms with Gasteiger partial charge in [0.05, 0.1) is 12.5 Å². The number of aliphatic carboxylic acids is 1. The minimum atomic E-state index is -1.12. The number of aromatic amines is 1. The van der Waals surface area contributed by atoms with E-state index in [0.717, 1.165) is 40.6 Å². The zero-order valence-electron chi connectivity index (χ0n) is 21.7. The molecule has 10 nitrogen and oxygen atoms in total. The summed E-state index contributed by atoms with van der Waals surface area (Å²) in [7, 11) is 0. The number of hydrogen-bond acceptors (Lipinski definition) is 5. The maximum absolute atomic E-state index is 13.6. The molecule has 0 spiro atoms. The summed E-state index contributed by atoms with van der Waals surface area (Å²) in [4.78, 5) is 54.9. The summed E-state index contributed by atoms with van der Waals surface area (Å²) in [6.45, 7) is 0.504. The molecular weight excluding hydrogens is 500 g/mol. The van der Waals surface area contributed by atoms with Gasteiger partial charge in [0.15, 0.2) is 0 Å². The van der Waals surface area contributed by atoms with Gasteiger partial charge < -0.3 is 20.3 Å². The van der Waals surface area contributed by atoms with Crippen LogP contribution in [-0.2, 0) is 32.1 Å². The first kappa shape index (κ1) is 27.8. The van der Waals surface area contributed by atoms with Crippen molar-refractivity contribution in [2.24, 2.45) is 0 Å². The van der Waals surface area contributed by atoms with Gasteiger partial charge in [-0.25, -0.2) is 10.3 Å². The van der Waals surface area contributed by atoms with Crippen molar-refractivity contribution in [2.75, 3.05) is 6.54 Å². The molecule has 206 valence electrons. The maximum atomic E-state index is 13.6. The first-order chi connectivity index (χ1) is 18.9. The van der Waals surface area contributed by atoms with Gasteiger partial charge in [-0.05, 0) is 30.0 Å². The van der Waals surface area contributed by atoms with Crippen LogP contribution in [0.4, 0.5) is 0 Å². The number of benzene rings is 2. The topological polar surface area (TPSA) is 152 Å². The second-order valence-electron chi connectivity index (χ2n) is 9.93. The van der Waals surface area contributed by atoms with Crippen LogP contribution in [0, 0.1) is 0 Å². The summed E-state index contributed by atoms with van der Waals surface area (Å²) in [5, 5.41) is 22.0. The Hall–Kier alpha value is -4.18. The zero-order chi connectivity index (χ0) is 27.8. The lowest BCUT2D eigenvalue weighted by Gasteiger charge is -2.33. The Kier molecular flexibility index (Phi) is 9.32. The number of carboxylic acids is 1. The molecule has 2 aromatic carbocycles. The van der Waals surface area contributed by atoms with E-state index in [0.29, 0.717) is 25.8 Å². The molecule has 2 heterocycles. The van der Waals surface area contributed by atoms with E-state index in [2.05, 4.69) is 10.3 Å². The lowest BCUT2D eigenvalue weighted by Crippen LogP contribution is -2.48. The van der Waals surface area contributed by atoms with Crippen LogP contribution in [0.25, 0.3) is 10.9 Å². The number of carbonyl (C=O) groups excluding carboxylic acids is 3. The van der Waals surface area contributed by atoms with Gasteiger partial charge in [-0.1, -0.05) is 61.4 Å². The standard InChI is InChI=1S/C29H34N4O6/c34-25(32-39)14-6-1-2-7-15-26(35)33-17-21(27-20-12-8-9-13-22(20)30-24(27)18-33)28(36)31-23(29(37)38)16-19-10-4-3-5-11-19/h3-5,8-13,21,23,30,39H,1-2,6-7,14-18H2,(H,31,36)(H,32,34)(H,37,38)/t21-,23+/m1/s1. The van der Waals surface area contributed by atoms with Gasteiger partial charge in [0.25, 0.3) is 0 Å². The average Bonchev–Trinajstić information content (AvgIpc) is 3.32. The van der Waals surface area contributed by atoms with Crippen LogP contribution in [0.2, 0.25) is 0 Å². The molecule has 0 saturated heterocycles. The molecule has 0 aliphatic carbocycles. The molecular formula is C29H34N4O6. The summed E-state index contributed by atoms with van der Waals surface area (Å²) in [6, 6.07) is 15.7. The molecule has 1 aliphatic rings. The summed E-state index contributed by atoms with van der Waals surface area (Å²) >= 11 is 0. The van der Waals surface area contributed by atoms with Crippen LogP contribution in [0.15, 0.2) is 54.6 Å². The third-order valence-corrected chi connectivity index (χ3v) is 7.16. The molecule has 3 amide bonds. The highest BCUT2D eigenvalue weighted by Crippen LogP contribution is 2.35. The number of amides is 3. The lowest BCUT2D eigenvalue weighted by molar-refractivity contribution is -0.142. The number of hydrogen-bond donors (Lipinski definition) is 5. The monoisotopic (exact) mass is 534 g/mol. The van der Waals surface area contributed by atoms with E-state index >= 15 is 0 Å². The average molecular weight is 535 g/mol. The highest BCUT2D eigenvalue weighted by atomic mass is 16.5. The number of carbonyl (C=O) groups is 4. The molecule has 4 rings (SSSR count). The van der Waals surface area contributed by atoms with Crippen LogP contribution < -0.4 is 10.8 Å². The SMILES string of the molecule is O=C(CCCCCCC(=O)N1Cc2[nH]c3ccccc3c2[C@H](C(=O)N[C@@H](Cc2ccccc2)C(=O)O)C1)NO. The van der Waals surface area contributed by atoms with E-state index in [-0.39, 0.29) is 25.3 Å². The Bertz CT molecular complexity index is 1320. The first-order valence-electron chi connectivity index (χ1n) is 13.2. The number of rotatable bonds is 12. The summed E-state index contributed by atoms with van der Waals surface area (Å²) in [5.74, 6) is -2.77. The van der Waals surface area contributed by atoms with Gasteiger partial charge in [0.2, 0.25) is 17.7 Å². The molecule has 0 saturated carbocycles. The van der Waals surface area contributed by atoms with Crippen LogP contribution >= 0.6 is 0 Å². The highest BCUT2D eigenvalue weighted by molar-refractivity contribution is 5.96. The fourth-order valence-corrected chi connectivity index (χ4v) is 5.16. The van der Waals surface area contributed by atoms with Gasteiger partial charge in [-0.3, -0.25) is 19.6 Å². The van der Waals surface area contributed by atoms with Crippen molar-refractivity contribution in [1.29, 1.82) is 0 Å². The quantitative estimate of drug-likeness (QED) is 0.137. The van der Waals surface area contributed by atoms with Crippen LogP contribution in [-0.4, -0.2) is 56.5 Å². The molecule has 5 N–H and O–H groups in total. The smallest absolute Gasteiger partial charge is 0.326 e. The number of H-pyrrole nitrogens is 1. The van der Waals surface area contributed by atoms with Crippen LogP contribution in [0.1, 0.15) is 61.3 Å². The number of fused-ring (bicyclic) bond motifs is 3. The van der Waals surface area contributed by atoms with Gasteiger partial charge in [0.1, 0.15) is 6.04 Å². The molecule has 2 atom stereocenters. The minimum absolute atomic E-state index is 0.0794. The second kappa shape index (κ2) is 13.1. The number of carboxylic acid groups (broad SMARTS) is 1. The zero-order valence-corrected chi connectivity index (χ0v) is 21.7. The van der Waals surface area contributed by atoms with Gasteiger partial charge >= 0.3 is 5.97 Å². The predicted octanol–water partition coefficient (Wildman–Crippen LogP) is 3.25. The van der Waals surface area contributed by atoms with Gasteiger partial charge in [0, 0.05) is 42.4 Å². The third-order valence-electron chi connectivity index (χ3n) is 7.16. The molecule has 1 aliphatic heterocycles. The number of unbranched alkanes of at least 4 members (excludes halogenated alkanes) is 3. The fourth-order valence-electron chi connectivity index (χ4n) is 5.16. The third kappa shape index (κ3) is 7.02. The van der Waals surface area contributed by atoms with E-state index in [4.69, 9.17) is 5.21 Å². The first-order valence-corrected chi connectivity index (χ1v) is 13.2. The van der Waals surface area contributed by atoms with Crippen molar-refractivity contribution in [3.05, 3.63) is 71.4 Å². The van der Waals surface area contributed by atoms with Crippen molar-refractivity contribution in [3.8, 4) is 0 Å². The van der Waals surface area contributed by atoms with Crippen molar-refractivity contribution < 1.29 is 29.5 Å². The summed E-state index contributed by atoms with van der Waals surface area (Å²) in [5.41, 5.74) is 4.86. The van der Waals surface area contributed by atoms with Crippen molar-refractivity contribution >= 4 is 34.6 Å². The largest absolute Gasteiger partial charge is 0.480 e. The van der Waals surface area contributed by atoms with E-state index < -0.39 is 29.7 Å². The predicted molar refractivity (Wildman–Crippen MR) is 144 cm³/mol. The molecule has 3 aromatic rings. The number of aromatic nitrogens is 1. The second-order valence-corrected chi connectivity index (χ2v) is 9.93. The van der Waals surface area contributed by atoms with Crippen molar-refractivity contribution in [3.63, 3.8) is 0 Å². The van der Waals surface area contributed by atoms with E-state index in [1.807, 2.05) is 54.6 Å². The molecule has 0 bridgehead atoms. The van der Waals surface area contributed by atoms with Gasteiger partial charge in [-0.15, -0.1) is 0 Å². The Morgan fingerprint density at radius 3 is 2.36 bits per heavy atom. The fraction of sp³-hybridized carbons (Fsp3) is 0.379. The molecule has 39 heavy (non-hydrogen) atoms. The Morgan fingerprint density at radius 2 is 1.64 bits per heavy atom. The normalized spacial score (nSPS) is 15.4.